The summed E-state index contributed by atoms with van der Waals surface area (Å²) in [6.45, 7) is 0.580. The van der Waals surface area contributed by atoms with Crippen molar-refractivity contribution >= 4 is 17.6 Å². The number of benzene rings is 2. The van der Waals surface area contributed by atoms with Crippen molar-refractivity contribution in [1.82, 2.24) is 0 Å². The topological polar surface area (TPSA) is 68.5 Å². The summed E-state index contributed by atoms with van der Waals surface area (Å²) >= 11 is 0. The molecule has 1 fully saturated rings. The minimum atomic E-state index is -0.512. The predicted molar refractivity (Wildman–Crippen MR) is 97.5 cm³/mol. The van der Waals surface area contributed by atoms with Gasteiger partial charge >= 0.3 is 5.97 Å². The Labute approximate surface area is 152 Å². The average molecular weight is 349 g/mol. The number of ether oxygens (including phenoxy) is 3. The Hall–Kier alpha value is -3.10. The minimum absolute atomic E-state index is 0.336. The second-order valence-electron chi connectivity index (χ2n) is 5.87. The first-order chi connectivity index (χ1) is 12.7. The fraction of sp³-hybridized carbons (Fsp3) is 0.238. The fourth-order valence-corrected chi connectivity index (χ4v) is 2.76. The molecule has 1 unspecified atom stereocenters. The van der Waals surface area contributed by atoms with E-state index < -0.39 is 12.1 Å². The summed E-state index contributed by atoms with van der Waals surface area (Å²) in [6, 6.07) is 16.8. The number of nitriles is 1. The molecule has 0 saturated carbocycles. The van der Waals surface area contributed by atoms with Crippen LogP contribution in [0.1, 0.15) is 24.0 Å². The van der Waals surface area contributed by atoms with Crippen molar-refractivity contribution in [2.24, 2.45) is 0 Å². The number of hydrogen-bond acceptors (Lipinski definition) is 5. The van der Waals surface area contributed by atoms with Crippen LogP contribution in [0.3, 0.4) is 0 Å². The second kappa shape index (κ2) is 8.32. The molecule has 0 bridgehead atoms. The van der Waals surface area contributed by atoms with Crippen LogP contribution < -0.4 is 9.47 Å². The molecule has 1 aliphatic rings. The normalized spacial score (nSPS) is 16.8. The fourth-order valence-electron chi connectivity index (χ4n) is 2.76. The van der Waals surface area contributed by atoms with Crippen molar-refractivity contribution in [3.8, 4) is 17.6 Å². The zero-order valence-corrected chi connectivity index (χ0v) is 14.5. The van der Waals surface area contributed by atoms with E-state index in [1.165, 1.54) is 7.11 Å². The van der Waals surface area contributed by atoms with Crippen LogP contribution in [0.4, 0.5) is 0 Å². The van der Waals surface area contributed by atoms with Crippen molar-refractivity contribution < 1.29 is 19.0 Å². The number of hydrogen-bond donors (Lipinski definition) is 0. The van der Waals surface area contributed by atoms with Gasteiger partial charge in [-0.1, -0.05) is 36.4 Å². The molecule has 0 spiro atoms. The monoisotopic (exact) mass is 349 g/mol. The van der Waals surface area contributed by atoms with Crippen LogP contribution in [0, 0.1) is 11.3 Å². The summed E-state index contributed by atoms with van der Waals surface area (Å²) in [7, 11) is 1.51. The Morgan fingerprint density at radius 1 is 1.23 bits per heavy atom. The first kappa shape index (κ1) is 17.7. The highest BCUT2D eigenvalue weighted by atomic mass is 16.6. The molecular formula is C21H19NO4. The standard InChI is InChI=1S/C21H19NO4/c1-24-20-13-15(12-17(14-22)16-6-3-2-4-7-16)9-10-18(20)26-21(23)19-8-5-11-25-19/h2-4,6-7,9-10,12-13,19H,5,8,11H2,1H3/b17-12-. The van der Waals surface area contributed by atoms with Crippen LogP contribution in [-0.2, 0) is 9.53 Å². The Balaban J connectivity index is 1.83. The largest absolute Gasteiger partial charge is 0.493 e. The summed E-state index contributed by atoms with van der Waals surface area (Å²) in [5, 5.41) is 9.43. The first-order valence-corrected chi connectivity index (χ1v) is 8.40. The molecule has 5 heteroatoms. The summed E-state index contributed by atoms with van der Waals surface area (Å²) in [6.07, 6.45) is 2.79. The van der Waals surface area contributed by atoms with E-state index in [9.17, 15) is 10.1 Å². The molecule has 0 N–H and O–H groups in total. The average Bonchev–Trinajstić information content (AvgIpc) is 3.22. The maximum atomic E-state index is 12.1. The predicted octanol–water partition coefficient (Wildman–Crippen LogP) is 3.84. The Morgan fingerprint density at radius 3 is 2.69 bits per heavy atom. The lowest BCUT2D eigenvalue weighted by Crippen LogP contribution is -2.24. The highest BCUT2D eigenvalue weighted by Crippen LogP contribution is 2.31. The van der Waals surface area contributed by atoms with E-state index >= 15 is 0 Å². The third-order valence-electron chi connectivity index (χ3n) is 4.11. The molecule has 2 aromatic rings. The van der Waals surface area contributed by atoms with E-state index in [-0.39, 0.29) is 0 Å². The Kier molecular flexibility index (Phi) is 5.67. The van der Waals surface area contributed by atoms with E-state index in [1.807, 2.05) is 30.3 Å². The van der Waals surface area contributed by atoms with Crippen LogP contribution in [0.25, 0.3) is 11.6 Å². The van der Waals surface area contributed by atoms with Gasteiger partial charge in [-0.15, -0.1) is 0 Å². The van der Waals surface area contributed by atoms with Crippen molar-refractivity contribution in [3.63, 3.8) is 0 Å². The lowest BCUT2D eigenvalue weighted by Gasteiger charge is -2.12. The molecule has 1 aliphatic heterocycles. The minimum Gasteiger partial charge on any atom is -0.493 e. The number of carbonyl (C=O) groups is 1. The van der Waals surface area contributed by atoms with E-state index in [2.05, 4.69) is 6.07 Å². The van der Waals surface area contributed by atoms with Crippen LogP contribution in [0.5, 0.6) is 11.5 Å². The molecule has 2 aromatic carbocycles. The van der Waals surface area contributed by atoms with E-state index in [0.29, 0.717) is 30.1 Å². The maximum absolute atomic E-state index is 12.1. The number of nitrogens with zero attached hydrogens (tertiary/aromatic N) is 1. The van der Waals surface area contributed by atoms with Crippen molar-refractivity contribution in [3.05, 3.63) is 59.7 Å². The van der Waals surface area contributed by atoms with Crippen molar-refractivity contribution in [1.29, 1.82) is 5.26 Å². The third-order valence-corrected chi connectivity index (χ3v) is 4.11. The summed E-state index contributed by atoms with van der Waals surface area (Å²) in [5.41, 5.74) is 2.15. The zero-order valence-electron chi connectivity index (χ0n) is 14.5. The molecule has 0 radical (unpaired) electrons. The quantitative estimate of drug-likeness (QED) is 0.355. The third kappa shape index (κ3) is 4.11. The van der Waals surface area contributed by atoms with Gasteiger partial charge in [-0.05, 0) is 42.2 Å². The molecule has 1 atom stereocenters. The molecule has 1 heterocycles. The molecule has 26 heavy (non-hydrogen) atoms. The molecule has 0 aliphatic carbocycles. The van der Waals surface area contributed by atoms with Crippen LogP contribution >= 0.6 is 0 Å². The lowest BCUT2D eigenvalue weighted by molar-refractivity contribution is -0.144. The van der Waals surface area contributed by atoms with Gasteiger partial charge in [0.2, 0.25) is 0 Å². The number of carbonyl (C=O) groups excluding carboxylic acids is 1. The van der Waals surface area contributed by atoms with Gasteiger partial charge in [-0.3, -0.25) is 0 Å². The highest BCUT2D eigenvalue weighted by molar-refractivity contribution is 5.90. The van der Waals surface area contributed by atoms with Crippen LogP contribution in [0.2, 0.25) is 0 Å². The Morgan fingerprint density at radius 2 is 2.04 bits per heavy atom. The van der Waals surface area contributed by atoms with Gasteiger partial charge in [-0.25, -0.2) is 4.79 Å². The van der Waals surface area contributed by atoms with Gasteiger partial charge in [0.1, 0.15) is 0 Å². The highest BCUT2D eigenvalue weighted by Gasteiger charge is 2.26. The second-order valence-corrected chi connectivity index (χ2v) is 5.87. The summed E-state index contributed by atoms with van der Waals surface area (Å²) < 4.78 is 16.1. The smallest absolute Gasteiger partial charge is 0.340 e. The van der Waals surface area contributed by atoms with Gasteiger partial charge < -0.3 is 14.2 Å². The van der Waals surface area contributed by atoms with Gasteiger partial charge in [0.05, 0.1) is 18.8 Å². The molecule has 132 valence electrons. The Bertz CT molecular complexity index is 846. The SMILES string of the molecule is COc1cc(/C=C(/C#N)c2ccccc2)ccc1OC(=O)C1CCCO1. The molecule has 0 amide bonds. The van der Waals surface area contributed by atoms with Crippen molar-refractivity contribution in [2.45, 2.75) is 18.9 Å². The lowest BCUT2D eigenvalue weighted by atomic mass is 10.0. The summed E-state index contributed by atoms with van der Waals surface area (Å²) in [5.74, 6) is 0.352. The van der Waals surface area contributed by atoms with Crippen LogP contribution in [0.15, 0.2) is 48.5 Å². The number of esters is 1. The van der Waals surface area contributed by atoms with E-state index in [4.69, 9.17) is 14.2 Å². The number of methoxy groups -OCH3 is 1. The van der Waals surface area contributed by atoms with Crippen LogP contribution in [-0.4, -0.2) is 25.8 Å². The molecule has 1 saturated heterocycles. The number of rotatable bonds is 5. The summed E-state index contributed by atoms with van der Waals surface area (Å²) in [4.78, 5) is 12.1. The zero-order chi connectivity index (χ0) is 18.4. The molecular weight excluding hydrogens is 330 g/mol. The van der Waals surface area contributed by atoms with Gasteiger partial charge in [0, 0.05) is 6.61 Å². The first-order valence-electron chi connectivity index (χ1n) is 8.40. The van der Waals surface area contributed by atoms with E-state index in [0.717, 1.165) is 17.5 Å². The van der Waals surface area contributed by atoms with Crippen molar-refractivity contribution in [2.75, 3.05) is 13.7 Å². The molecule has 3 rings (SSSR count). The maximum Gasteiger partial charge on any atom is 0.340 e. The van der Waals surface area contributed by atoms with Gasteiger partial charge in [0.25, 0.3) is 0 Å². The van der Waals surface area contributed by atoms with Gasteiger partial charge in [0.15, 0.2) is 17.6 Å². The molecule has 5 nitrogen and oxygen atoms in total. The van der Waals surface area contributed by atoms with E-state index in [1.54, 1.807) is 24.3 Å². The molecule has 0 aromatic heterocycles. The van der Waals surface area contributed by atoms with Gasteiger partial charge in [-0.2, -0.15) is 5.26 Å². The number of allylic oxidation sites excluding steroid dienone is 1.